The van der Waals surface area contributed by atoms with Crippen LogP contribution in [-0.2, 0) is 13.0 Å². The second-order valence-electron chi connectivity index (χ2n) is 8.74. The normalized spacial score (nSPS) is 11.2. The van der Waals surface area contributed by atoms with Gasteiger partial charge in [0.25, 0.3) is 5.91 Å². The Morgan fingerprint density at radius 1 is 0.970 bits per heavy atom. The van der Waals surface area contributed by atoms with Crippen LogP contribution < -0.4 is 10.1 Å². The van der Waals surface area contributed by atoms with E-state index in [9.17, 15) is 4.79 Å². The molecular formula is C26H29Cl2N3O2. The highest BCUT2D eigenvalue weighted by Crippen LogP contribution is 2.22. The van der Waals surface area contributed by atoms with E-state index in [0.29, 0.717) is 35.9 Å². The maximum atomic E-state index is 13.5. The molecule has 2 aromatic carbocycles. The molecule has 0 fully saturated rings. The van der Waals surface area contributed by atoms with Gasteiger partial charge >= 0.3 is 0 Å². The van der Waals surface area contributed by atoms with E-state index in [4.69, 9.17) is 27.9 Å². The summed E-state index contributed by atoms with van der Waals surface area (Å²) in [6.45, 7) is 6.97. The van der Waals surface area contributed by atoms with Crippen molar-refractivity contribution in [2.75, 3.05) is 18.9 Å². The van der Waals surface area contributed by atoms with Crippen molar-refractivity contribution in [2.45, 2.75) is 39.3 Å². The largest absolute Gasteiger partial charge is 0.488 e. The fraction of sp³-hybridized carbons (Fsp3) is 0.308. The average molecular weight is 486 g/mol. The van der Waals surface area contributed by atoms with Gasteiger partial charge in [-0.15, -0.1) is 0 Å². The zero-order valence-electron chi connectivity index (χ0n) is 19.4. The molecule has 0 aliphatic carbocycles. The third kappa shape index (κ3) is 7.37. The number of anilines is 1. The number of amides is 1. The highest BCUT2D eigenvalue weighted by Gasteiger charge is 2.21. The number of benzene rings is 2. The van der Waals surface area contributed by atoms with E-state index in [2.05, 4.69) is 10.3 Å². The van der Waals surface area contributed by atoms with E-state index in [1.165, 1.54) is 0 Å². The van der Waals surface area contributed by atoms with Crippen molar-refractivity contribution in [3.63, 3.8) is 0 Å². The standard InChI is InChI=1S/C26H29Cl2N3O2/c1-26(2,3)33-21-11-7-19(8-12-21)17-31(16-15-18-5-9-20(27)10-6-18)25(32)24-22(29-4)13-14-23(28)30-24/h5-14,29H,15-17H2,1-4H3. The number of hydrogen-bond donors (Lipinski definition) is 1. The minimum absolute atomic E-state index is 0.189. The zero-order valence-corrected chi connectivity index (χ0v) is 20.9. The number of ether oxygens (including phenoxy) is 1. The number of rotatable bonds is 8. The summed E-state index contributed by atoms with van der Waals surface area (Å²) in [7, 11) is 1.76. The molecule has 0 unspecified atom stereocenters. The number of nitrogens with zero attached hydrogens (tertiary/aromatic N) is 2. The summed E-state index contributed by atoms with van der Waals surface area (Å²) in [6, 6.07) is 18.9. The number of carbonyl (C=O) groups excluding carboxylic acids is 1. The van der Waals surface area contributed by atoms with Gasteiger partial charge in [-0.1, -0.05) is 47.5 Å². The lowest BCUT2D eigenvalue weighted by atomic mass is 10.1. The Balaban J connectivity index is 1.84. The zero-order chi connectivity index (χ0) is 24.0. The summed E-state index contributed by atoms with van der Waals surface area (Å²) in [6.07, 6.45) is 0.684. The van der Waals surface area contributed by atoms with E-state index >= 15 is 0 Å². The summed E-state index contributed by atoms with van der Waals surface area (Å²) in [5.74, 6) is 0.602. The molecule has 1 aromatic heterocycles. The van der Waals surface area contributed by atoms with Crippen molar-refractivity contribution >= 4 is 34.8 Å². The van der Waals surface area contributed by atoms with Crippen LogP contribution in [0.5, 0.6) is 5.75 Å². The van der Waals surface area contributed by atoms with E-state index in [1.54, 1.807) is 24.1 Å². The van der Waals surface area contributed by atoms with Crippen LogP contribution in [0.15, 0.2) is 60.7 Å². The minimum Gasteiger partial charge on any atom is -0.488 e. The van der Waals surface area contributed by atoms with Crippen molar-refractivity contribution in [3.8, 4) is 5.75 Å². The lowest BCUT2D eigenvalue weighted by molar-refractivity contribution is 0.0740. The molecular weight excluding hydrogens is 457 g/mol. The molecule has 0 aliphatic heterocycles. The minimum atomic E-state index is -0.274. The van der Waals surface area contributed by atoms with Gasteiger partial charge in [-0.25, -0.2) is 4.98 Å². The molecule has 0 saturated carbocycles. The van der Waals surface area contributed by atoms with Crippen molar-refractivity contribution in [1.82, 2.24) is 9.88 Å². The Morgan fingerprint density at radius 2 is 1.61 bits per heavy atom. The van der Waals surface area contributed by atoms with Gasteiger partial charge in [0.05, 0.1) is 5.69 Å². The van der Waals surface area contributed by atoms with Gasteiger partial charge < -0.3 is 15.0 Å². The number of hydrogen-bond acceptors (Lipinski definition) is 4. The third-order valence-corrected chi connectivity index (χ3v) is 5.39. The molecule has 3 rings (SSSR count). The average Bonchev–Trinajstić information content (AvgIpc) is 2.77. The van der Waals surface area contributed by atoms with Gasteiger partial charge in [-0.2, -0.15) is 0 Å². The van der Waals surface area contributed by atoms with Crippen LogP contribution in [0.25, 0.3) is 0 Å². The molecule has 0 aliphatic rings. The van der Waals surface area contributed by atoms with Gasteiger partial charge in [0.1, 0.15) is 16.5 Å². The first-order valence-corrected chi connectivity index (χ1v) is 11.6. The van der Waals surface area contributed by atoms with Crippen molar-refractivity contribution in [1.29, 1.82) is 0 Å². The Bertz CT molecular complexity index is 1080. The van der Waals surface area contributed by atoms with Crippen molar-refractivity contribution in [2.24, 2.45) is 0 Å². The molecule has 33 heavy (non-hydrogen) atoms. The topological polar surface area (TPSA) is 54.5 Å². The number of pyridine rings is 1. The SMILES string of the molecule is CNc1ccc(Cl)nc1C(=O)N(CCc1ccc(Cl)cc1)Cc1ccc(OC(C)(C)C)cc1. The van der Waals surface area contributed by atoms with Crippen molar-refractivity contribution in [3.05, 3.63) is 87.7 Å². The second-order valence-corrected chi connectivity index (χ2v) is 9.57. The van der Waals surface area contributed by atoms with Crippen LogP contribution in [0, 0.1) is 0 Å². The van der Waals surface area contributed by atoms with Crippen molar-refractivity contribution < 1.29 is 9.53 Å². The number of nitrogens with one attached hydrogen (secondary N) is 1. The molecule has 1 heterocycles. The molecule has 0 spiro atoms. The maximum absolute atomic E-state index is 13.5. The van der Waals surface area contributed by atoms with Crippen LogP contribution >= 0.6 is 23.2 Å². The quantitative estimate of drug-likeness (QED) is 0.370. The van der Waals surface area contributed by atoms with Crippen LogP contribution in [0.4, 0.5) is 5.69 Å². The molecule has 5 nitrogen and oxygen atoms in total. The summed E-state index contributed by atoms with van der Waals surface area (Å²) in [4.78, 5) is 19.6. The molecule has 0 atom stereocenters. The monoisotopic (exact) mass is 485 g/mol. The summed E-state index contributed by atoms with van der Waals surface area (Å²) >= 11 is 12.1. The molecule has 0 saturated heterocycles. The highest BCUT2D eigenvalue weighted by atomic mass is 35.5. The third-order valence-electron chi connectivity index (χ3n) is 4.92. The summed E-state index contributed by atoms with van der Waals surface area (Å²) in [5.41, 5.74) is 2.75. The second kappa shape index (κ2) is 10.9. The van der Waals surface area contributed by atoms with E-state index in [1.807, 2.05) is 69.3 Å². The van der Waals surface area contributed by atoms with Crippen LogP contribution in [0.2, 0.25) is 10.2 Å². The molecule has 0 bridgehead atoms. The molecule has 1 N–H and O–H groups in total. The van der Waals surface area contributed by atoms with E-state index < -0.39 is 0 Å². The number of carbonyl (C=O) groups is 1. The number of halogens is 2. The Labute approximate surface area is 205 Å². The lowest BCUT2D eigenvalue weighted by Gasteiger charge is -2.24. The van der Waals surface area contributed by atoms with Gasteiger partial charge in [-0.3, -0.25) is 4.79 Å². The summed E-state index contributed by atoms with van der Waals surface area (Å²) < 4.78 is 5.91. The van der Waals surface area contributed by atoms with E-state index in [0.717, 1.165) is 16.9 Å². The van der Waals surface area contributed by atoms with Crippen LogP contribution in [0.1, 0.15) is 42.4 Å². The summed E-state index contributed by atoms with van der Waals surface area (Å²) in [5, 5.41) is 3.99. The molecule has 174 valence electrons. The Morgan fingerprint density at radius 3 is 2.21 bits per heavy atom. The highest BCUT2D eigenvalue weighted by molar-refractivity contribution is 6.30. The van der Waals surface area contributed by atoms with Gasteiger partial charge in [-0.05, 0) is 74.7 Å². The van der Waals surface area contributed by atoms with Gasteiger partial charge in [0, 0.05) is 25.2 Å². The first-order chi connectivity index (χ1) is 15.6. The first kappa shape index (κ1) is 24.9. The fourth-order valence-corrected chi connectivity index (χ4v) is 3.63. The smallest absolute Gasteiger partial charge is 0.274 e. The fourth-order valence-electron chi connectivity index (χ4n) is 3.35. The number of aromatic nitrogens is 1. The Hall–Kier alpha value is -2.76. The van der Waals surface area contributed by atoms with E-state index in [-0.39, 0.29) is 16.7 Å². The maximum Gasteiger partial charge on any atom is 0.274 e. The predicted octanol–water partition coefficient (Wildman–Crippen LogP) is 6.49. The molecule has 1 amide bonds. The molecule has 7 heteroatoms. The molecule has 0 radical (unpaired) electrons. The molecule has 3 aromatic rings. The van der Waals surface area contributed by atoms with Gasteiger partial charge in [0.15, 0.2) is 5.69 Å². The van der Waals surface area contributed by atoms with Gasteiger partial charge in [0.2, 0.25) is 0 Å². The predicted molar refractivity (Wildman–Crippen MR) is 136 cm³/mol. The van der Waals surface area contributed by atoms with Crippen LogP contribution in [-0.4, -0.2) is 35.0 Å². The first-order valence-electron chi connectivity index (χ1n) is 10.8. The Kier molecular flexibility index (Phi) is 8.22. The lowest BCUT2D eigenvalue weighted by Crippen LogP contribution is -2.33. The van der Waals surface area contributed by atoms with Crippen LogP contribution in [0.3, 0.4) is 0 Å².